The zero-order chi connectivity index (χ0) is 22.2. The molecule has 0 aromatic heterocycles. The molecule has 2 aromatic carbocycles. The van der Waals surface area contributed by atoms with Crippen molar-refractivity contribution < 1.29 is 37.6 Å². The van der Waals surface area contributed by atoms with Gasteiger partial charge in [-0.15, -0.1) is 0 Å². The first-order chi connectivity index (χ1) is 14.1. The van der Waals surface area contributed by atoms with E-state index in [0.717, 1.165) is 0 Å². The van der Waals surface area contributed by atoms with Crippen molar-refractivity contribution in [1.82, 2.24) is 5.32 Å². The van der Waals surface area contributed by atoms with Crippen molar-refractivity contribution >= 4 is 19.9 Å². The van der Waals surface area contributed by atoms with Crippen molar-refractivity contribution in [3.8, 4) is 11.5 Å². The van der Waals surface area contributed by atoms with Crippen molar-refractivity contribution in [2.75, 3.05) is 6.61 Å². The number of carbonyl (C=O) groups excluding carboxylic acids is 1. The molecule has 162 valence electrons. The van der Waals surface area contributed by atoms with E-state index in [0.29, 0.717) is 0 Å². The zero-order valence-electron chi connectivity index (χ0n) is 16.8. The number of nitrogens with one attached hydrogen (secondary N) is 1. The standard InChI is InChI=1S/C20H24NO8P/c1-20(2,3)27-19(24)21-17(18(22)23)14-26-30(25,28-15-10-6-4-7-11-15)29-16-12-8-5-9-13-16/h4-13,17H,14H2,1-3H3,(H,21,24)(H,22,23). The van der Waals surface area contributed by atoms with E-state index in [9.17, 15) is 19.3 Å². The molecule has 0 spiro atoms. The van der Waals surface area contributed by atoms with E-state index in [1.54, 1.807) is 57.2 Å². The smallest absolute Gasteiger partial charge is 0.480 e. The minimum Gasteiger partial charge on any atom is -0.480 e. The molecule has 9 nitrogen and oxygen atoms in total. The first-order valence-corrected chi connectivity index (χ1v) is 10.5. The first-order valence-electron chi connectivity index (χ1n) is 9.02. The fourth-order valence-electron chi connectivity index (χ4n) is 2.08. The van der Waals surface area contributed by atoms with E-state index >= 15 is 0 Å². The molecule has 2 N–H and O–H groups in total. The SMILES string of the molecule is CC(C)(C)OC(=O)NC(COP(=O)(Oc1ccccc1)Oc1ccccc1)C(=O)O. The summed E-state index contributed by atoms with van der Waals surface area (Å²) in [7, 11) is -4.30. The Hall–Kier alpha value is -3.03. The Morgan fingerprint density at radius 1 is 0.967 bits per heavy atom. The van der Waals surface area contributed by atoms with Crippen LogP contribution in [0.15, 0.2) is 60.7 Å². The number of rotatable bonds is 9. The average Bonchev–Trinajstić information content (AvgIpc) is 2.65. The molecular weight excluding hydrogens is 413 g/mol. The van der Waals surface area contributed by atoms with Crippen LogP contribution in [0.3, 0.4) is 0 Å². The number of ether oxygens (including phenoxy) is 1. The van der Waals surface area contributed by atoms with Crippen molar-refractivity contribution in [2.45, 2.75) is 32.4 Å². The Bertz CT molecular complexity index is 837. The summed E-state index contributed by atoms with van der Waals surface area (Å²) in [6, 6.07) is 14.7. The maximum absolute atomic E-state index is 13.2. The Morgan fingerprint density at radius 3 is 1.83 bits per heavy atom. The van der Waals surface area contributed by atoms with Crippen LogP contribution in [0.5, 0.6) is 11.5 Å². The van der Waals surface area contributed by atoms with Gasteiger partial charge in [0, 0.05) is 0 Å². The van der Waals surface area contributed by atoms with Crippen LogP contribution in [-0.4, -0.2) is 35.4 Å². The molecule has 0 fully saturated rings. The second-order valence-electron chi connectivity index (χ2n) is 7.09. The van der Waals surface area contributed by atoms with E-state index in [4.69, 9.17) is 18.3 Å². The van der Waals surface area contributed by atoms with Gasteiger partial charge in [-0.3, -0.25) is 4.52 Å². The molecule has 0 radical (unpaired) electrons. The maximum Gasteiger partial charge on any atom is 0.587 e. The van der Waals surface area contributed by atoms with Crippen molar-refractivity contribution in [2.24, 2.45) is 0 Å². The van der Waals surface area contributed by atoms with Crippen molar-refractivity contribution in [3.63, 3.8) is 0 Å². The third-order valence-electron chi connectivity index (χ3n) is 3.31. The summed E-state index contributed by atoms with van der Waals surface area (Å²) in [6.45, 7) is 4.21. The van der Waals surface area contributed by atoms with Gasteiger partial charge in [-0.2, -0.15) is 0 Å². The average molecular weight is 437 g/mol. The van der Waals surface area contributed by atoms with Gasteiger partial charge < -0.3 is 24.2 Å². The number of carboxylic acid groups (broad SMARTS) is 1. The monoisotopic (exact) mass is 437 g/mol. The van der Waals surface area contributed by atoms with Gasteiger partial charge in [0.1, 0.15) is 17.1 Å². The van der Waals surface area contributed by atoms with E-state index in [2.05, 4.69) is 5.32 Å². The normalized spacial score (nSPS) is 12.5. The summed E-state index contributed by atoms with van der Waals surface area (Å²) < 4.78 is 34.3. The molecule has 0 saturated carbocycles. The summed E-state index contributed by atoms with van der Waals surface area (Å²) in [5.41, 5.74) is -0.823. The third-order valence-corrected chi connectivity index (χ3v) is 4.64. The molecule has 0 aliphatic carbocycles. The van der Waals surface area contributed by atoms with Crippen LogP contribution < -0.4 is 14.4 Å². The van der Waals surface area contributed by atoms with Gasteiger partial charge in [0.25, 0.3) is 0 Å². The summed E-state index contributed by atoms with van der Waals surface area (Å²) in [5.74, 6) is -1.01. The molecule has 2 rings (SSSR count). The maximum atomic E-state index is 13.2. The highest BCUT2D eigenvalue weighted by Gasteiger charge is 2.34. The van der Waals surface area contributed by atoms with Crippen LogP contribution in [0.25, 0.3) is 0 Å². The Morgan fingerprint density at radius 2 is 1.43 bits per heavy atom. The highest BCUT2D eigenvalue weighted by molar-refractivity contribution is 7.49. The van der Waals surface area contributed by atoms with Crippen molar-refractivity contribution in [1.29, 1.82) is 0 Å². The van der Waals surface area contributed by atoms with E-state index in [1.807, 2.05) is 0 Å². The first kappa shape index (κ1) is 23.3. The minimum absolute atomic E-state index is 0.198. The topological polar surface area (TPSA) is 120 Å². The molecule has 0 bridgehead atoms. The molecule has 1 amide bonds. The number of alkyl carbamates (subject to hydrolysis) is 1. The predicted molar refractivity (Wildman–Crippen MR) is 108 cm³/mol. The van der Waals surface area contributed by atoms with E-state index in [1.165, 1.54) is 24.3 Å². The summed E-state index contributed by atoms with van der Waals surface area (Å²) >= 11 is 0. The Balaban J connectivity index is 2.14. The van der Waals surface area contributed by atoms with Crippen LogP contribution in [-0.2, 0) is 18.6 Å². The molecular formula is C20H24NO8P. The van der Waals surface area contributed by atoms with Gasteiger partial charge in [0.2, 0.25) is 0 Å². The molecule has 0 saturated heterocycles. The number of aliphatic carboxylic acids is 1. The number of carboxylic acids is 1. The second-order valence-corrected chi connectivity index (χ2v) is 8.61. The van der Waals surface area contributed by atoms with Gasteiger partial charge >= 0.3 is 19.9 Å². The number of amides is 1. The van der Waals surface area contributed by atoms with Gasteiger partial charge in [0.05, 0.1) is 6.61 Å². The van der Waals surface area contributed by atoms with Crippen LogP contribution in [0.2, 0.25) is 0 Å². The number of para-hydroxylation sites is 2. The molecule has 1 unspecified atom stereocenters. The van der Waals surface area contributed by atoms with Gasteiger partial charge in [-0.05, 0) is 45.0 Å². The number of hydrogen-bond acceptors (Lipinski definition) is 7. The number of benzene rings is 2. The highest BCUT2D eigenvalue weighted by atomic mass is 31.2. The lowest BCUT2D eigenvalue weighted by Crippen LogP contribution is -2.46. The quantitative estimate of drug-likeness (QED) is 0.559. The molecule has 0 aliphatic heterocycles. The van der Waals surface area contributed by atoms with Crippen LogP contribution in [0, 0.1) is 0 Å². The minimum atomic E-state index is -4.30. The van der Waals surface area contributed by atoms with Crippen molar-refractivity contribution in [3.05, 3.63) is 60.7 Å². The van der Waals surface area contributed by atoms with Crippen LogP contribution >= 0.6 is 7.82 Å². The van der Waals surface area contributed by atoms with Gasteiger partial charge in [-0.1, -0.05) is 36.4 Å². The summed E-state index contributed by atoms with van der Waals surface area (Å²) in [4.78, 5) is 23.4. The number of carbonyl (C=O) groups is 2. The molecule has 2 aromatic rings. The summed E-state index contributed by atoms with van der Waals surface area (Å²) in [6.07, 6.45) is -0.957. The molecule has 30 heavy (non-hydrogen) atoms. The molecule has 0 heterocycles. The number of phosphoric ester groups is 1. The predicted octanol–water partition coefficient (Wildman–Crippen LogP) is 4.25. The Kier molecular flexibility index (Phi) is 7.86. The lowest BCUT2D eigenvalue weighted by molar-refractivity contribution is -0.140. The third kappa shape index (κ3) is 8.14. The fourth-order valence-corrected chi connectivity index (χ4v) is 3.32. The molecule has 10 heteroatoms. The highest BCUT2D eigenvalue weighted by Crippen LogP contribution is 2.49. The van der Waals surface area contributed by atoms with Gasteiger partial charge in [-0.25, -0.2) is 14.2 Å². The van der Waals surface area contributed by atoms with E-state index < -0.39 is 38.1 Å². The van der Waals surface area contributed by atoms with Gasteiger partial charge in [0.15, 0.2) is 6.04 Å². The molecule has 1 atom stereocenters. The Labute approximate surface area is 174 Å². The van der Waals surface area contributed by atoms with Crippen LogP contribution in [0.1, 0.15) is 20.8 Å². The number of hydrogen-bond donors (Lipinski definition) is 2. The lowest BCUT2D eigenvalue weighted by atomic mass is 10.2. The summed E-state index contributed by atoms with van der Waals surface area (Å²) in [5, 5.41) is 11.5. The lowest BCUT2D eigenvalue weighted by Gasteiger charge is -2.23. The zero-order valence-corrected chi connectivity index (χ0v) is 17.7. The molecule has 0 aliphatic rings. The van der Waals surface area contributed by atoms with E-state index in [-0.39, 0.29) is 11.5 Å². The largest absolute Gasteiger partial charge is 0.587 e. The second kappa shape index (κ2) is 10.1. The van der Waals surface area contributed by atoms with Crippen LogP contribution in [0.4, 0.5) is 4.79 Å². The number of phosphoric acid groups is 1. The fraction of sp³-hybridized carbons (Fsp3) is 0.300.